The summed E-state index contributed by atoms with van der Waals surface area (Å²) >= 11 is 6.17. The van der Waals surface area contributed by atoms with Gasteiger partial charge in [-0.2, -0.15) is 0 Å². The van der Waals surface area contributed by atoms with Crippen LogP contribution in [0.2, 0.25) is 5.02 Å². The molecule has 134 valence electrons. The van der Waals surface area contributed by atoms with E-state index in [1.54, 1.807) is 7.11 Å². The SMILES string of the molecule is CCC(C)[C@H](c1cc(Cl)c(O)c(OC)c1)N1CCNCC1.Cl.Cl. The fraction of sp³-hybridized carbons (Fsp3) is 0.625. The minimum atomic E-state index is 0. The maximum atomic E-state index is 9.93. The monoisotopic (exact) mass is 384 g/mol. The minimum absolute atomic E-state index is 0. The maximum absolute atomic E-state index is 9.93. The van der Waals surface area contributed by atoms with Crippen LogP contribution in [0.4, 0.5) is 0 Å². The van der Waals surface area contributed by atoms with E-state index in [-0.39, 0.29) is 30.6 Å². The Kier molecular flexibility index (Phi) is 10.3. The normalized spacial score (nSPS) is 17.6. The van der Waals surface area contributed by atoms with E-state index >= 15 is 0 Å². The number of methoxy groups -OCH3 is 1. The molecule has 2 N–H and O–H groups in total. The van der Waals surface area contributed by atoms with Crippen LogP contribution in [-0.2, 0) is 0 Å². The molecule has 0 amide bonds. The predicted octanol–water partition coefficient (Wildman–Crippen LogP) is 3.89. The van der Waals surface area contributed by atoms with E-state index in [1.165, 1.54) is 0 Å². The van der Waals surface area contributed by atoms with Crippen molar-refractivity contribution in [3.63, 3.8) is 0 Å². The summed E-state index contributed by atoms with van der Waals surface area (Å²) in [6.07, 6.45) is 1.09. The van der Waals surface area contributed by atoms with Crippen LogP contribution in [0.3, 0.4) is 0 Å². The highest BCUT2D eigenvalue weighted by atomic mass is 35.5. The van der Waals surface area contributed by atoms with Crippen molar-refractivity contribution in [2.24, 2.45) is 5.92 Å². The molecule has 0 aliphatic carbocycles. The van der Waals surface area contributed by atoms with E-state index < -0.39 is 0 Å². The van der Waals surface area contributed by atoms with Crippen LogP contribution >= 0.6 is 36.4 Å². The molecule has 1 saturated heterocycles. The molecule has 1 aromatic rings. The van der Waals surface area contributed by atoms with Crippen molar-refractivity contribution in [1.29, 1.82) is 0 Å². The summed E-state index contributed by atoms with van der Waals surface area (Å²) in [5.74, 6) is 0.973. The third kappa shape index (κ3) is 5.30. The number of ether oxygens (including phenoxy) is 1. The molecule has 23 heavy (non-hydrogen) atoms. The molecule has 2 rings (SSSR count). The average molecular weight is 386 g/mol. The molecular formula is C16H27Cl3N2O2. The van der Waals surface area contributed by atoms with Gasteiger partial charge in [-0.3, -0.25) is 4.90 Å². The fourth-order valence-corrected chi connectivity index (χ4v) is 3.22. The zero-order valence-electron chi connectivity index (χ0n) is 13.8. The Morgan fingerprint density at radius 1 is 1.30 bits per heavy atom. The second kappa shape index (κ2) is 10.5. The summed E-state index contributed by atoms with van der Waals surface area (Å²) in [6.45, 7) is 8.54. The van der Waals surface area contributed by atoms with Crippen molar-refractivity contribution in [2.45, 2.75) is 26.3 Å². The highest BCUT2D eigenvalue weighted by Crippen LogP contribution is 2.40. The summed E-state index contributed by atoms with van der Waals surface area (Å²) in [5, 5.41) is 13.7. The number of benzene rings is 1. The summed E-state index contributed by atoms with van der Waals surface area (Å²) in [5.41, 5.74) is 1.12. The molecular weight excluding hydrogens is 359 g/mol. The van der Waals surface area contributed by atoms with Crippen LogP contribution in [-0.4, -0.2) is 43.3 Å². The Bertz CT molecular complexity index is 483. The summed E-state index contributed by atoms with van der Waals surface area (Å²) in [7, 11) is 1.55. The lowest BCUT2D eigenvalue weighted by atomic mass is 9.90. The highest BCUT2D eigenvalue weighted by Gasteiger charge is 2.27. The molecule has 1 fully saturated rings. The van der Waals surface area contributed by atoms with Crippen LogP contribution in [0.5, 0.6) is 11.5 Å². The summed E-state index contributed by atoms with van der Waals surface area (Å²) in [6, 6.07) is 4.09. The molecule has 0 saturated carbocycles. The molecule has 1 unspecified atom stereocenters. The van der Waals surface area contributed by atoms with Gasteiger partial charge in [-0.05, 0) is 23.6 Å². The van der Waals surface area contributed by atoms with Gasteiger partial charge >= 0.3 is 0 Å². The summed E-state index contributed by atoms with van der Waals surface area (Å²) in [4.78, 5) is 2.49. The van der Waals surface area contributed by atoms with E-state index in [2.05, 4.69) is 24.1 Å². The van der Waals surface area contributed by atoms with Crippen LogP contribution in [0.25, 0.3) is 0 Å². The molecule has 0 aromatic heterocycles. The molecule has 0 spiro atoms. The van der Waals surface area contributed by atoms with Crippen molar-refractivity contribution in [3.05, 3.63) is 22.7 Å². The largest absolute Gasteiger partial charge is 0.503 e. The highest BCUT2D eigenvalue weighted by molar-refractivity contribution is 6.32. The molecule has 0 radical (unpaired) electrons. The van der Waals surface area contributed by atoms with E-state index in [9.17, 15) is 5.11 Å². The smallest absolute Gasteiger partial charge is 0.176 e. The van der Waals surface area contributed by atoms with E-state index in [1.807, 2.05) is 12.1 Å². The molecule has 1 aromatic carbocycles. The van der Waals surface area contributed by atoms with Gasteiger partial charge in [0, 0.05) is 32.2 Å². The Balaban J connectivity index is 0.00000242. The van der Waals surface area contributed by atoms with Crippen LogP contribution < -0.4 is 10.1 Å². The van der Waals surface area contributed by atoms with Gasteiger partial charge in [-0.15, -0.1) is 24.8 Å². The van der Waals surface area contributed by atoms with Gasteiger partial charge < -0.3 is 15.2 Å². The third-order valence-electron chi connectivity index (χ3n) is 4.34. The maximum Gasteiger partial charge on any atom is 0.176 e. The lowest BCUT2D eigenvalue weighted by molar-refractivity contribution is 0.128. The molecule has 1 aliphatic heterocycles. The molecule has 2 atom stereocenters. The van der Waals surface area contributed by atoms with Gasteiger partial charge in [0.1, 0.15) is 0 Å². The zero-order valence-corrected chi connectivity index (χ0v) is 16.2. The van der Waals surface area contributed by atoms with Crippen molar-refractivity contribution >= 4 is 36.4 Å². The number of rotatable bonds is 5. The van der Waals surface area contributed by atoms with E-state index in [0.717, 1.165) is 38.2 Å². The first-order valence-electron chi connectivity index (χ1n) is 7.59. The molecule has 7 heteroatoms. The average Bonchev–Trinajstić information content (AvgIpc) is 2.51. The Morgan fingerprint density at radius 3 is 2.43 bits per heavy atom. The predicted molar refractivity (Wildman–Crippen MR) is 101 cm³/mol. The number of hydrogen-bond donors (Lipinski definition) is 2. The number of phenols is 1. The third-order valence-corrected chi connectivity index (χ3v) is 4.63. The van der Waals surface area contributed by atoms with Crippen molar-refractivity contribution < 1.29 is 9.84 Å². The summed E-state index contributed by atoms with van der Waals surface area (Å²) < 4.78 is 5.25. The number of piperazine rings is 1. The first kappa shape index (κ1) is 22.6. The zero-order chi connectivity index (χ0) is 15.4. The second-order valence-corrected chi connectivity index (χ2v) is 6.08. The number of phenolic OH excluding ortho intramolecular Hbond substituents is 1. The molecule has 1 aliphatic rings. The van der Waals surface area contributed by atoms with Gasteiger partial charge in [0.25, 0.3) is 0 Å². The Hall–Kier alpha value is -0.390. The Morgan fingerprint density at radius 2 is 1.91 bits per heavy atom. The lowest BCUT2D eigenvalue weighted by Gasteiger charge is -2.38. The number of halogens is 3. The van der Waals surface area contributed by atoms with Gasteiger partial charge in [-0.25, -0.2) is 0 Å². The van der Waals surface area contributed by atoms with Gasteiger partial charge in [0.15, 0.2) is 11.5 Å². The Labute approximate surface area is 156 Å². The van der Waals surface area contributed by atoms with Gasteiger partial charge in [-0.1, -0.05) is 31.9 Å². The molecule has 0 bridgehead atoms. The fourth-order valence-electron chi connectivity index (χ4n) is 3.00. The van der Waals surface area contributed by atoms with Crippen LogP contribution in [0, 0.1) is 5.92 Å². The lowest BCUT2D eigenvalue weighted by Crippen LogP contribution is -2.46. The number of nitrogens with zero attached hydrogens (tertiary/aromatic N) is 1. The molecule has 4 nitrogen and oxygen atoms in total. The quantitative estimate of drug-likeness (QED) is 0.807. The van der Waals surface area contributed by atoms with Gasteiger partial charge in [0.2, 0.25) is 0 Å². The van der Waals surface area contributed by atoms with E-state index in [4.69, 9.17) is 16.3 Å². The van der Waals surface area contributed by atoms with E-state index in [0.29, 0.717) is 22.7 Å². The van der Waals surface area contributed by atoms with Crippen molar-refractivity contribution in [1.82, 2.24) is 10.2 Å². The topological polar surface area (TPSA) is 44.7 Å². The number of hydrogen-bond acceptors (Lipinski definition) is 4. The minimum Gasteiger partial charge on any atom is -0.503 e. The number of nitrogens with one attached hydrogen (secondary N) is 1. The first-order chi connectivity index (χ1) is 10.1. The molecule has 1 heterocycles. The number of aromatic hydroxyl groups is 1. The second-order valence-electron chi connectivity index (χ2n) is 5.67. The standard InChI is InChI=1S/C16H25ClN2O2.2ClH/c1-4-11(2)15(19-7-5-18-6-8-19)12-9-13(17)16(20)14(10-12)21-3;;/h9-11,15,18,20H,4-8H2,1-3H3;2*1H/t11?,15-;;/m1../s1. The van der Waals surface area contributed by atoms with Crippen LogP contribution in [0.15, 0.2) is 12.1 Å². The van der Waals surface area contributed by atoms with Crippen molar-refractivity contribution in [2.75, 3.05) is 33.3 Å². The van der Waals surface area contributed by atoms with Crippen LogP contribution in [0.1, 0.15) is 31.9 Å². The first-order valence-corrected chi connectivity index (χ1v) is 7.97. The van der Waals surface area contributed by atoms with Crippen molar-refractivity contribution in [3.8, 4) is 11.5 Å². The van der Waals surface area contributed by atoms with Gasteiger partial charge in [0.05, 0.1) is 12.1 Å².